The summed E-state index contributed by atoms with van der Waals surface area (Å²) in [5, 5.41) is 6.81. The number of rotatable bonds is 6. The molecule has 0 spiro atoms. The van der Waals surface area contributed by atoms with Crippen molar-refractivity contribution in [1.82, 2.24) is 14.9 Å². The van der Waals surface area contributed by atoms with E-state index in [0.29, 0.717) is 19.6 Å². The molecule has 7 nitrogen and oxygen atoms in total. The predicted molar refractivity (Wildman–Crippen MR) is 115 cm³/mol. The van der Waals surface area contributed by atoms with Crippen molar-refractivity contribution in [2.45, 2.75) is 32.4 Å². The monoisotopic (exact) mass is 405 g/mol. The number of piperidine rings is 1. The lowest BCUT2D eigenvalue weighted by atomic mass is 10.1. The van der Waals surface area contributed by atoms with E-state index < -0.39 is 10.0 Å². The molecule has 0 bridgehead atoms. The molecular formula is C20H31N5O2S. The van der Waals surface area contributed by atoms with Gasteiger partial charge in [-0.25, -0.2) is 12.7 Å². The van der Waals surface area contributed by atoms with E-state index in [9.17, 15) is 8.42 Å². The third kappa shape index (κ3) is 5.26. The molecule has 8 heteroatoms. The molecule has 28 heavy (non-hydrogen) atoms. The molecule has 1 aromatic rings. The Kier molecular flexibility index (Phi) is 6.96. The molecule has 2 N–H and O–H groups in total. The van der Waals surface area contributed by atoms with Crippen molar-refractivity contribution in [3.8, 4) is 0 Å². The Hall–Kier alpha value is -2.06. The number of benzene rings is 1. The molecule has 1 fully saturated rings. The predicted octanol–water partition coefficient (Wildman–Crippen LogP) is 1.54. The molecule has 2 aliphatic heterocycles. The number of aliphatic imine (C=N–C) groups is 1. The van der Waals surface area contributed by atoms with E-state index in [0.717, 1.165) is 31.9 Å². The number of nitrogens with one attached hydrogen (secondary N) is 2. The first-order chi connectivity index (χ1) is 13.5. The van der Waals surface area contributed by atoms with Crippen molar-refractivity contribution in [2.24, 2.45) is 4.99 Å². The molecule has 0 saturated carbocycles. The maximum absolute atomic E-state index is 12.0. The van der Waals surface area contributed by atoms with Crippen LogP contribution in [0, 0.1) is 0 Å². The summed E-state index contributed by atoms with van der Waals surface area (Å²) in [6.07, 6.45) is 5.95. The van der Waals surface area contributed by atoms with Gasteiger partial charge in [0.2, 0.25) is 10.0 Å². The zero-order valence-electron chi connectivity index (χ0n) is 16.8. The number of sulfonamides is 1. The van der Waals surface area contributed by atoms with Crippen LogP contribution in [0.5, 0.6) is 0 Å². The van der Waals surface area contributed by atoms with Crippen LogP contribution in [0.15, 0.2) is 41.4 Å². The quantitative estimate of drug-likeness (QED) is 0.427. The van der Waals surface area contributed by atoms with Crippen molar-refractivity contribution in [3.63, 3.8) is 0 Å². The third-order valence-corrected chi connectivity index (χ3v) is 7.21. The van der Waals surface area contributed by atoms with Crippen molar-refractivity contribution < 1.29 is 8.42 Å². The molecule has 2 heterocycles. The summed E-state index contributed by atoms with van der Waals surface area (Å²) >= 11 is 0. The fourth-order valence-corrected chi connectivity index (χ4v) is 4.72. The maximum Gasteiger partial charge on any atom is 0.213 e. The van der Waals surface area contributed by atoms with Gasteiger partial charge in [-0.05, 0) is 37.5 Å². The zero-order chi connectivity index (χ0) is 20.0. The molecule has 3 rings (SSSR count). The lowest BCUT2D eigenvalue weighted by molar-refractivity contribution is 0.306. The van der Waals surface area contributed by atoms with Crippen LogP contribution in [0.2, 0.25) is 0 Å². The summed E-state index contributed by atoms with van der Waals surface area (Å²) in [6, 6.07) is 8.78. The van der Waals surface area contributed by atoms with Crippen LogP contribution < -0.4 is 15.5 Å². The molecule has 0 amide bonds. The van der Waals surface area contributed by atoms with E-state index in [1.165, 1.54) is 11.3 Å². The molecule has 0 radical (unpaired) electrons. The number of nitrogens with zero attached hydrogens (tertiary/aromatic N) is 3. The summed E-state index contributed by atoms with van der Waals surface area (Å²) in [5.74, 6) is 0.922. The van der Waals surface area contributed by atoms with Crippen LogP contribution in [0.1, 0.15) is 25.3 Å². The summed E-state index contributed by atoms with van der Waals surface area (Å²) in [5.41, 5.74) is 2.44. The highest BCUT2D eigenvalue weighted by atomic mass is 32.2. The van der Waals surface area contributed by atoms with Crippen molar-refractivity contribution in [3.05, 3.63) is 42.0 Å². The topological polar surface area (TPSA) is 77.0 Å². The Morgan fingerprint density at radius 1 is 1.21 bits per heavy atom. The standard InChI is InChI=1S/C20H31N5O2S/c1-3-28(26,27)25-13-9-18(10-14-25)23-20(21-2)22-16-17-7-6-8-19(15-17)24-11-4-5-12-24/h4-8,15,18H,3,9-14,16H2,1-2H3,(H2,21,22,23). The van der Waals surface area contributed by atoms with Gasteiger partial charge < -0.3 is 15.5 Å². The van der Waals surface area contributed by atoms with E-state index >= 15 is 0 Å². The van der Waals surface area contributed by atoms with E-state index in [1.807, 2.05) is 0 Å². The van der Waals surface area contributed by atoms with Crippen LogP contribution in [0.3, 0.4) is 0 Å². The van der Waals surface area contributed by atoms with Gasteiger partial charge in [0.05, 0.1) is 5.75 Å². The van der Waals surface area contributed by atoms with Gasteiger partial charge in [-0.1, -0.05) is 24.3 Å². The van der Waals surface area contributed by atoms with Gasteiger partial charge in [-0.15, -0.1) is 0 Å². The Morgan fingerprint density at radius 2 is 1.93 bits per heavy atom. The van der Waals surface area contributed by atoms with Gasteiger partial charge in [0.25, 0.3) is 0 Å². The summed E-state index contributed by atoms with van der Waals surface area (Å²) in [7, 11) is -1.32. The van der Waals surface area contributed by atoms with E-state index in [-0.39, 0.29) is 11.8 Å². The fourth-order valence-electron chi connectivity index (χ4n) is 3.59. The summed E-state index contributed by atoms with van der Waals surface area (Å²) in [4.78, 5) is 6.65. The van der Waals surface area contributed by atoms with Crippen LogP contribution in [0.25, 0.3) is 0 Å². The molecular weight excluding hydrogens is 374 g/mol. The van der Waals surface area contributed by atoms with Gasteiger partial charge in [0.1, 0.15) is 0 Å². The van der Waals surface area contributed by atoms with E-state index in [1.54, 1.807) is 18.3 Å². The van der Waals surface area contributed by atoms with Gasteiger partial charge in [0, 0.05) is 51.5 Å². The average Bonchev–Trinajstić information content (AvgIpc) is 3.26. The smallest absolute Gasteiger partial charge is 0.213 e. The Labute approximate surface area is 168 Å². The van der Waals surface area contributed by atoms with E-state index in [2.05, 4.69) is 56.9 Å². The first-order valence-electron chi connectivity index (χ1n) is 9.95. The Morgan fingerprint density at radius 3 is 2.57 bits per heavy atom. The minimum atomic E-state index is -3.08. The van der Waals surface area contributed by atoms with Crippen LogP contribution in [-0.4, -0.2) is 63.7 Å². The fraction of sp³-hybridized carbons (Fsp3) is 0.550. The molecule has 1 saturated heterocycles. The molecule has 1 aromatic carbocycles. The number of anilines is 1. The van der Waals surface area contributed by atoms with Crippen LogP contribution >= 0.6 is 0 Å². The second kappa shape index (κ2) is 9.43. The van der Waals surface area contributed by atoms with Crippen LogP contribution in [0.4, 0.5) is 5.69 Å². The number of hydrogen-bond acceptors (Lipinski definition) is 4. The van der Waals surface area contributed by atoms with Gasteiger partial charge >= 0.3 is 0 Å². The number of guanidine groups is 1. The zero-order valence-corrected chi connectivity index (χ0v) is 17.6. The van der Waals surface area contributed by atoms with Crippen molar-refractivity contribution in [2.75, 3.05) is 43.9 Å². The van der Waals surface area contributed by atoms with Crippen molar-refractivity contribution in [1.29, 1.82) is 0 Å². The lowest BCUT2D eigenvalue weighted by Crippen LogP contribution is -2.49. The highest BCUT2D eigenvalue weighted by Crippen LogP contribution is 2.18. The third-order valence-electron chi connectivity index (χ3n) is 5.33. The highest BCUT2D eigenvalue weighted by molar-refractivity contribution is 7.89. The SMILES string of the molecule is CCS(=O)(=O)N1CCC(NC(=NC)NCc2cccc(N3CC=CC3)c2)CC1. The van der Waals surface area contributed by atoms with E-state index in [4.69, 9.17) is 0 Å². The molecule has 2 aliphatic rings. The van der Waals surface area contributed by atoms with Gasteiger partial charge in [0.15, 0.2) is 5.96 Å². The largest absolute Gasteiger partial charge is 0.364 e. The molecule has 0 atom stereocenters. The summed E-state index contributed by atoms with van der Waals surface area (Å²) in [6.45, 7) is 5.45. The second-order valence-electron chi connectivity index (χ2n) is 7.19. The van der Waals surface area contributed by atoms with Gasteiger partial charge in [-0.2, -0.15) is 0 Å². The number of hydrogen-bond donors (Lipinski definition) is 2. The molecule has 0 aromatic heterocycles. The maximum atomic E-state index is 12.0. The second-order valence-corrected chi connectivity index (χ2v) is 9.45. The minimum Gasteiger partial charge on any atom is -0.364 e. The first kappa shape index (κ1) is 20.7. The highest BCUT2D eigenvalue weighted by Gasteiger charge is 2.26. The summed E-state index contributed by atoms with van der Waals surface area (Å²) < 4.78 is 25.6. The van der Waals surface area contributed by atoms with Gasteiger partial charge in [-0.3, -0.25) is 4.99 Å². The normalized spacial score (nSPS) is 19.2. The average molecular weight is 406 g/mol. The van der Waals surface area contributed by atoms with Crippen molar-refractivity contribution >= 4 is 21.7 Å². The lowest BCUT2D eigenvalue weighted by Gasteiger charge is -2.32. The first-order valence-corrected chi connectivity index (χ1v) is 11.6. The molecule has 0 aliphatic carbocycles. The minimum absolute atomic E-state index is 0.168. The Bertz CT molecular complexity index is 806. The van der Waals surface area contributed by atoms with Crippen LogP contribution in [-0.2, 0) is 16.6 Å². The molecule has 0 unspecified atom stereocenters. The Balaban J connectivity index is 1.49. The molecule has 154 valence electrons.